The Labute approximate surface area is 181 Å². The molecule has 0 radical (unpaired) electrons. The Hall–Kier alpha value is -3.36. The molecular weight excluding hydrogens is 396 g/mol. The van der Waals surface area contributed by atoms with Crippen molar-refractivity contribution in [1.82, 2.24) is 24.5 Å². The van der Waals surface area contributed by atoms with E-state index in [1.165, 1.54) is 0 Å². The number of nitrogen functional groups attached to an aromatic ring is 1. The predicted octanol–water partition coefficient (Wildman–Crippen LogP) is 2.33. The SMILES string of the molecule is CCOc1ccccc1OC1CCN(C(=O)Cc2c(C)nc3nc(N)nn3c2C)CC1. The van der Waals surface area contributed by atoms with Crippen LogP contribution in [0, 0.1) is 13.8 Å². The van der Waals surface area contributed by atoms with Gasteiger partial charge in [-0.15, -0.1) is 5.10 Å². The van der Waals surface area contributed by atoms with Crippen LogP contribution in [0.25, 0.3) is 5.78 Å². The van der Waals surface area contributed by atoms with E-state index < -0.39 is 0 Å². The third-order valence-corrected chi connectivity index (χ3v) is 5.63. The van der Waals surface area contributed by atoms with Crippen LogP contribution in [0.15, 0.2) is 24.3 Å². The summed E-state index contributed by atoms with van der Waals surface area (Å²) in [6, 6.07) is 7.71. The molecule has 1 saturated heterocycles. The van der Waals surface area contributed by atoms with E-state index in [1.54, 1.807) is 4.52 Å². The second-order valence-corrected chi connectivity index (χ2v) is 7.70. The summed E-state index contributed by atoms with van der Waals surface area (Å²) >= 11 is 0. The van der Waals surface area contributed by atoms with Gasteiger partial charge in [-0.25, -0.2) is 4.98 Å². The van der Waals surface area contributed by atoms with Crippen molar-refractivity contribution in [3.63, 3.8) is 0 Å². The molecule has 9 heteroatoms. The van der Waals surface area contributed by atoms with Crippen molar-refractivity contribution in [3.8, 4) is 11.5 Å². The first-order chi connectivity index (χ1) is 15.0. The second kappa shape index (κ2) is 8.79. The lowest BCUT2D eigenvalue weighted by Gasteiger charge is -2.32. The molecule has 3 heterocycles. The number of carbonyl (C=O) groups is 1. The quantitative estimate of drug-likeness (QED) is 0.647. The van der Waals surface area contributed by atoms with Crippen molar-refractivity contribution in [2.75, 3.05) is 25.4 Å². The fourth-order valence-electron chi connectivity index (χ4n) is 3.97. The number of nitrogens with two attached hydrogens (primary N) is 1. The zero-order chi connectivity index (χ0) is 22.0. The molecule has 164 valence electrons. The minimum Gasteiger partial charge on any atom is -0.490 e. The van der Waals surface area contributed by atoms with E-state index in [2.05, 4.69) is 15.1 Å². The number of nitrogens with zero attached hydrogens (tertiary/aromatic N) is 5. The van der Waals surface area contributed by atoms with E-state index in [0.29, 0.717) is 25.5 Å². The normalized spacial score (nSPS) is 14.7. The van der Waals surface area contributed by atoms with Crippen LogP contribution in [-0.2, 0) is 11.2 Å². The van der Waals surface area contributed by atoms with Crippen LogP contribution in [0.3, 0.4) is 0 Å². The molecule has 0 spiro atoms. The number of likely N-dealkylation sites (tertiary alicyclic amines) is 1. The first-order valence-electron chi connectivity index (χ1n) is 10.6. The van der Waals surface area contributed by atoms with Gasteiger partial charge >= 0.3 is 0 Å². The summed E-state index contributed by atoms with van der Waals surface area (Å²) in [5.41, 5.74) is 8.17. The van der Waals surface area contributed by atoms with Crippen LogP contribution in [0.2, 0.25) is 0 Å². The maximum absolute atomic E-state index is 13.0. The first-order valence-corrected chi connectivity index (χ1v) is 10.6. The molecule has 9 nitrogen and oxygen atoms in total. The molecule has 1 amide bonds. The summed E-state index contributed by atoms with van der Waals surface area (Å²) in [7, 11) is 0. The maximum atomic E-state index is 13.0. The average Bonchev–Trinajstić information content (AvgIpc) is 3.13. The van der Waals surface area contributed by atoms with Crippen LogP contribution >= 0.6 is 0 Å². The number of piperidine rings is 1. The molecule has 1 aromatic carbocycles. The number of fused-ring (bicyclic) bond motifs is 1. The Balaban J connectivity index is 1.39. The molecule has 2 aromatic heterocycles. The molecule has 4 rings (SSSR count). The number of amides is 1. The summed E-state index contributed by atoms with van der Waals surface area (Å²) in [6.07, 6.45) is 1.89. The molecule has 0 saturated carbocycles. The van der Waals surface area contributed by atoms with E-state index in [1.807, 2.05) is 49.9 Å². The summed E-state index contributed by atoms with van der Waals surface area (Å²) in [5.74, 6) is 2.21. The van der Waals surface area contributed by atoms with Gasteiger partial charge in [0, 0.05) is 42.9 Å². The Kier molecular flexibility index (Phi) is 5.92. The summed E-state index contributed by atoms with van der Waals surface area (Å²) < 4.78 is 13.4. The molecular formula is C22H28N6O3. The Morgan fingerprint density at radius 2 is 1.87 bits per heavy atom. The van der Waals surface area contributed by atoms with Crippen molar-refractivity contribution in [2.24, 2.45) is 0 Å². The zero-order valence-electron chi connectivity index (χ0n) is 18.2. The third-order valence-electron chi connectivity index (χ3n) is 5.63. The highest BCUT2D eigenvalue weighted by atomic mass is 16.5. The molecule has 3 aromatic rings. The maximum Gasteiger partial charge on any atom is 0.254 e. The molecule has 1 aliphatic heterocycles. The smallest absolute Gasteiger partial charge is 0.254 e. The lowest BCUT2D eigenvalue weighted by molar-refractivity contribution is -0.132. The van der Waals surface area contributed by atoms with Gasteiger partial charge in [0.1, 0.15) is 6.10 Å². The van der Waals surface area contributed by atoms with Gasteiger partial charge in [0.2, 0.25) is 11.9 Å². The molecule has 1 fully saturated rings. The van der Waals surface area contributed by atoms with Crippen LogP contribution in [0.1, 0.15) is 36.7 Å². The number of hydrogen-bond donors (Lipinski definition) is 1. The van der Waals surface area contributed by atoms with Gasteiger partial charge in [-0.2, -0.15) is 9.50 Å². The number of para-hydroxylation sites is 2. The van der Waals surface area contributed by atoms with E-state index in [-0.39, 0.29) is 24.4 Å². The fourth-order valence-corrected chi connectivity index (χ4v) is 3.97. The van der Waals surface area contributed by atoms with Gasteiger partial charge in [0.05, 0.1) is 13.0 Å². The monoisotopic (exact) mass is 424 g/mol. The highest BCUT2D eigenvalue weighted by Crippen LogP contribution is 2.29. The number of anilines is 1. The second-order valence-electron chi connectivity index (χ2n) is 7.70. The predicted molar refractivity (Wildman–Crippen MR) is 116 cm³/mol. The van der Waals surface area contributed by atoms with Crippen LogP contribution < -0.4 is 15.2 Å². The number of carbonyl (C=O) groups excluding carboxylic acids is 1. The number of aryl methyl sites for hydroxylation is 2. The molecule has 31 heavy (non-hydrogen) atoms. The number of benzene rings is 1. The lowest BCUT2D eigenvalue weighted by Crippen LogP contribution is -2.42. The third kappa shape index (κ3) is 4.40. The van der Waals surface area contributed by atoms with Gasteiger partial charge in [-0.1, -0.05) is 12.1 Å². The molecule has 0 unspecified atom stereocenters. The lowest BCUT2D eigenvalue weighted by atomic mass is 10.0. The minimum absolute atomic E-state index is 0.0604. The van der Waals surface area contributed by atoms with Crippen molar-refractivity contribution >= 4 is 17.6 Å². The topological polar surface area (TPSA) is 108 Å². The highest BCUT2D eigenvalue weighted by molar-refractivity contribution is 5.79. The van der Waals surface area contributed by atoms with Crippen molar-refractivity contribution in [2.45, 2.75) is 46.1 Å². The Morgan fingerprint density at radius 1 is 1.16 bits per heavy atom. The Bertz CT molecular complexity index is 1090. The number of rotatable bonds is 6. The van der Waals surface area contributed by atoms with Crippen LogP contribution in [-0.4, -0.2) is 56.2 Å². The van der Waals surface area contributed by atoms with Gasteiger partial charge in [-0.05, 0) is 32.9 Å². The zero-order valence-corrected chi connectivity index (χ0v) is 18.2. The fraction of sp³-hybridized carbons (Fsp3) is 0.455. The number of aromatic nitrogens is 4. The first kappa shape index (κ1) is 20.9. The number of hydrogen-bond acceptors (Lipinski definition) is 7. The molecule has 1 aliphatic rings. The summed E-state index contributed by atoms with van der Waals surface area (Å²) in [4.78, 5) is 23.4. The minimum atomic E-state index is 0.0604. The van der Waals surface area contributed by atoms with E-state index in [4.69, 9.17) is 15.2 Å². The summed E-state index contributed by atoms with van der Waals surface area (Å²) in [5, 5.41) is 4.17. The van der Waals surface area contributed by atoms with Crippen molar-refractivity contribution < 1.29 is 14.3 Å². The molecule has 0 bridgehead atoms. The standard InChI is InChI=1S/C22H28N6O3/c1-4-30-18-7-5-6-8-19(18)31-16-9-11-27(12-10-16)20(29)13-17-14(2)24-22-25-21(23)26-28(22)15(17)3/h5-8,16H,4,9-13H2,1-3H3,(H2,23,26). The highest BCUT2D eigenvalue weighted by Gasteiger charge is 2.26. The van der Waals surface area contributed by atoms with E-state index in [0.717, 1.165) is 41.3 Å². The van der Waals surface area contributed by atoms with E-state index in [9.17, 15) is 4.79 Å². The van der Waals surface area contributed by atoms with Crippen molar-refractivity contribution in [1.29, 1.82) is 0 Å². The van der Waals surface area contributed by atoms with Crippen LogP contribution in [0.5, 0.6) is 11.5 Å². The van der Waals surface area contributed by atoms with Gasteiger partial charge in [0.25, 0.3) is 5.78 Å². The Morgan fingerprint density at radius 3 is 2.58 bits per heavy atom. The number of ether oxygens (including phenoxy) is 2. The van der Waals surface area contributed by atoms with Crippen LogP contribution in [0.4, 0.5) is 5.95 Å². The van der Waals surface area contributed by atoms with Gasteiger partial charge < -0.3 is 20.1 Å². The molecule has 0 aliphatic carbocycles. The van der Waals surface area contributed by atoms with Gasteiger partial charge in [0.15, 0.2) is 11.5 Å². The largest absolute Gasteiger partial charge is 0.490 e. The average molecular weight is 425 g/mol. The molecule has 0 atom stereocenters. The molecule has 2 N–H and O–H groups in total. The van der Waals surface area contributed by atoms with Gasteiger partial charge in [-0.3, -0.25) is 4.79 Å². The van der Waals surface area contributed by atoms with E-state index >= 15 is 0 Å². The summed E-state index contributed by atoms with van der Waals surface area (Å²) in [6.45, 7) is 7.66. The van der Waals surface area contributed by atoms with Crippen molar-refractivity contribution in [3.05, 3.63) is 41.2 Å².